The quantitative estimate of drug-likeness (QED) is 0.760. The Bertz CT molecular complexity index is 400. The van der Waals surface area contributed by atoms with Gasteiger partial charge in [0, 0.05) is 37.4 Å². The molecule has 0 saturated carbocycles. The molecule has 0 unspecified atom stereocenters. The number of aryl methyl sites for hydroxylation is 1. The van der Waals surface area contributed by atoms with Crippen molar-refractivity contribution in [1.29, 1.82) is 0 Å². The van der Waals surface area contributed by atoms with E-state index in [9.17, 15) is 4.79 Å². The predicted octanol–water partition coefficient (Wildman–Crippen LogP) is 2.25. The SMILES string of the molecule is CCN(CC)C(=O)CCNc1cc(N)ccc1C. The van der Waals surface area contributed by atoms with Crippen molar-refractivity contribution in [1.82, 2.24) is 4.90 Å². The molecule has 0 aliphatic carbocycles. The van der Waals surface area contributed by atoms with E-state index in [-0.39, 0.29) is 5.91 Å². The zero-order valence-corrected chi connectivity index (χ0v) is 11.5. The zero-order chi connectivity index (χ0) is 13.5. The number of nitrogens with zero attached hydrogens (tertiary/aromatic N) is 1. The van der Waals surface area contributed by atoms with Crippen LogP contribution in [0, 0.1) is 6.92 Å². The van der Waals surface area contributed by atoms with E-state index in [0.717, 1.165) is 30.0 Å². The number of rotatable bonds is 6. The summed E-state index contributed by atoms with van der Waals surface area (Å²) in [6.45, 7) is 8.20. The number of hydrogen-bond donors (Lipinski definition) is 2. The van der Waals surface area contributed by atoms with Crippen LogP contribution in [0.5, 0.6) is 0 Å². The maximum absolute atomic E-state index is 11.8. The highest BCUT2D eigenvalue weighted by Gasteiger charge is 2.08. The fraction of sp³-hybridized carbons (Fsp3) is 0.500. The van der Waals surface area contributed by atoms with E-state index < -0.39 is 0 Å². The van der Waals surface area contributed by atoms with Crippen LogP contribution in [0.1, 0.15) is 25.8 Å². The van der Waals surface area contributed by atoms with E-state index in [2.05, 4.69) is 5.32 Å². The fourth-order valence-corrected chi connectivity index (χ4v) is 1.87. The van der Waals surface area contributed by atoms with Crippen molar-refractivity contribution in [3.63, 3.8) is 0 Å². The minimum absolute atomic E-state index is 0.189. The molecule has 18 heavy (non-hydrogen) atoms. The standard InChI is InChI=1S/C14H23N3O/c1-4-17(5-2)14(18)8-9-16-13-10-12(15)7-6-11(13)3/h6-7,10,16H,4-5,8-9,15H2,1-3H3. The average Bonchev–Trinajstić information content (AvgIpc) is 2.35. The molecule has 0 fully saturated rings. The molecule has 1 rings (SSSR count). The Hall–Kier alpha value is -1.71. The van der Waals surface area contributed by atoms with Crippen molar-refractivity contribution in [3.8, 4) is 0 Å². The van der Waals surface area contributed by atoms with E-state index in [1.807, 2.05) is 43.9 Å². The lowest BCUT2D eigenvalue weighted by atomic mass is 10.2. The van der Waals surface area contributed by atoms with Gasteiger partial charge >= 0.3 is 0 Å². The third-order valence-electron chi connectivity index (χ3n) is 3.03. The van der Waals surface area contributed by atoms with Gasteiger partial charge < -0.3 is 16.0 Å². The van der Waals surface area contributed by atoms with Crippen LogP contribution in [0.2, 0.25) is 0 Å². The molecular formula is C14H23N3O. The van der Waals surface area contributed by atoms with Crippen molar-refractivity contribution in [2.45, 2.75) is 27.2 Å². The summed E-state index contributed by atoms with van der Waals surface area (Å²) in [5.41, 5.74) is 8.61. The zero-order valence-electron chi connectivity index (χ0n) is 11.5. The van der Waals surface area contributed by atoms with Gasteiger partial charge in [-0.25, -0.2) is 0 Å². The van der Waals surface area contributed by atoms with Gasteiger partial charge in [-0.15, -0.1) is 0 Å². The molecule has 0 bridgehead atoms. The monoisotopic (exact) mass is 249 g/mol. The second-order valence-corrected chi connectivity index (χ2v) is 4.32. The normalized spacial score (nSPS) is 10.2. The maximum Gasteiger partial charge on any atom is 0.224 e. The van der Waals surface area contributed by atoms with E-state index >= 15 is 0 Å². The molecule has 1 aromatic rings. The van der Waals surface area contributed by atoms with Crippen molar-refractivity contribution >= 4 is 17.3 Å². The van der Waals surface area contributed by atoms with Crippen LogP contribution in [0.25, 0.3) is 0 Å². The number of nitrogens with two attached hydrogens (primary N) is 1. The Kier molecular flexibility index (Phi) is 5.49. The first-order chi connectivity index (χ1) is 8.58. The molecular weight excluding hydrogens is 226 g/mol. The summed E-state index contributed by atoms with van der Waals surface area (Å²) in [5.74, 6) is 0.189. The van der Waals surface area contributed by atoms with Gasteiger partial charge in [0.15, 0.2) is 0 Å². The van der Waals surface area contributed by atoms with Gasteiger partial charge in [-0.1, -0.05) is 6.07 Å². The Balaban J connectivity index is 2.46. The highest BCUT2D eigenvalue weighted by atomic mass is 16.2. The van der Waals surface area contributed by atoms with Gasteiger partial charge in [0.25, 0.3) is 0 Å². The number of nitrogens with one attached hydrogen (secondary N) is 1. The van der Waals surface area contributed by atoms with Crippen molar-refractivity contribution in [2.75, 3.05) is 30.7 Å². The number of benzene rings is 1. The van der Waals surface area contributed by atoms with Gasteiger partial charge in [0.2, 0.25) is 5.91 Å². The second kappa shape index (κ2) is 6.89. The Morgan fingerprint density at radius 3 is 2.61 bits per heavy atom. The summed E-state index contributed by atoms with van der Waals surface area (Å²) in [6, 6.07) is 5.75. The molecule has 1 amide bonds. The van der Waals surface area contributed by atoms with Crippen LogP contribution < -0.4 is 11.1 Å². The lowest BCUT2D eigenvalue weighted by Gasteiger charge is -2.19. The van der Waals surface area contributed by atoms with Crippen molar-refractivity contribution in [2.24, 2.45) is 0 Å². The molecule has 3 N–H and O–H groups in total. The molecule has 0 aliphatic heterocycles. The molecule has 4 heteroatoms. The molecule has 4 nitrogen and oxygen atoms in total. The van der Waals surface area contributed by atoms with E-state index in [4.69, 9.17) is 5.73 Å². The van der Waals surface area contributed by atoms with E-state index in [0.29, 0.717) is 13.0 Å². The molecule has 0 radical (unpaired) electrons. The number of nitrogen functional groups attached to an aromatic ring is 1. The molecule has 0 atom stereocenters. The molecule has 0 aromatic heterocycles. The Morgan fingerprint density at radius 2 is 2.00 bits per heavy atom. The molecule has 0 spiro atoms. The number of hydrogen-bond acceptors (Lipinski definition) is 3. The highest BCUT2D eigenvalue weighted by molar-refractivity contribution is 5.76. The number of carbonyl (C=O) groups excluding carboxylic acids is 1. The average molecular weight is 249 g/mol. The minimum Gasteiger partial charge on any atom is -0.399 e. The molecule has 1 aromatic carbocycles. The summed E-state index contributed by atoms with van der Waals surface area (Å²) in [7, 11) is 0. The first-order valence-corrected chi connectivity index (χ1v) is 6.46. The van der Waals surface area contributed by atoms with Crippen LogP contribution in [-0.4, -0.2) is 30.4 Å². The smallest absolute Gasteiger partial charge is 0.224 e. The summed E-state index contributed by atoms with van der Waals surface area (Å²) in [6.07, 6.45) is 0.510. The molecule has 0 heterocycles. The van der Waals surface area contributed by atoms with Crippen LogP contribution in [0.3, 0.4) is 0 Å². The number of anilines is 2. The first kappa shape index (κ1) is 14.4. The summed E-state index contributed by atoms with van der Waals surface area (Å²) >= 11 is 0. The van der Waals surface area contributed by atoms with Crippen molar-refractivity contribution in [3.05, 3.63) is 23.8 Å². The second-order valence-electron chi connectivity index (χ2n) is 4.32. The first-order valence-electron chi connectivity index (χ1n) is 6.46. The van der Waals surface area contributed by atoms with Gasteiger partial charge in [-0.05, 0) is 38.5 Å². The van der Waals surface area contributed by atoms with Crippen LogP contribution in [0.15, 0.2) is 18.2 Å². The largest absolute Gasteiger partial charge is 0.399 e. The summed E-state index contributed by atoms with van der Waals surface area (Å²) in [5, 5.41) is 3.26. The summed E-state index contributed by atoms with van der Waals surface area (Å²) in [4.78, 5) is 13.6. The minimum atomic E-state index is 0.189. The number of amides is 1. The van der Waals surface area contributed by atoms with E-state index in [1.165, 1.54) is 0 Å². The van der Waals surface area contributed by atoms with Crippen molar-refractivity contribution < 1.29 is 4.79 Å². The maximum atomic E-state index is 11.8. The predicted molar refractivity (Wildman–Crippen MR) is 76.6 cm³/mol. The third-order valence-corrected chi connectivity index (χ3v) is 3.03. The fourth-order valence-electron chi connectivity index (χ4n) is 1.87. The topological polar surface area (TPSA) is 58.4 Å². The highest BCUT2D eigenvalue weighted by Crippen LogP contribution is 2.17. The van der Waals surface area contributed by atoms with Gasteiger partial charge in [0.1, 0.15) is 0 Å². The molecule has 0 aliphatic rings. The molecule has 100 valence electrons. The lowest BCUT2D eigenvalue weighted by molar-refractivity contribution is -0.130. The third kappa shape index (κ3) is 3.95. The molecule has 0 saturated heterocycles. The summed E-state index contributed by atoms with van der Waals surface area (Å²) < 4.78 is 0. The number of carbonyl (C=O) groups is 1. The Labute approximate surface area is 109 Å². The van der Waals surface area contributed by atoms with Gasteiger partial charge in [-0.2, -0.15) is 0 Å². The van der Waals surface area contributed by atoms with Crippen LogP contribution >= 0.6 is 0 Å². The Morgan fingerprint density at radius 1 is 1.33 bits per heavy atom. The van der Waals surface area contributed by atoms with E-state index in [1.54, 1.807) is 0 Å². The lowest BCUT2D eigenvalue weighted by Crippen LogP contribution is -2.31. The van der Waals surface area contributed by atoms with Gasteiger partial charge in [-0.3, -0.25) is 4.79 Å². The van der Waals surface area contributed by atoms with Gasteiger partial charge in [0.05, 0.1) is 0 Å². The van der Waals surface area contributed by atoms with Crippen LogP contribution in [0.4, 0.5) is 11.4 Å². The van der Waals surface area contributed by atoms with Crippen LogP contribution in [-0.2, 0) is 4.79 Å².